The third kappa shape index (κ3) is 4.26. The van der Waals surface area contributed by atoms with Crippen LogP contribution in [0.3, 0.4) is 0 Å². The van der Waals surface area contributed by atoms with Gasteiger partial charge in [-0.1, -0.05) is 36.4 Å². The lowest BCUT2D eigenvalue weighted by atomic mass is 10.0. The van der Waals surface area contributed by atoms with Gasteiger partial charge in [0.05, 0.1) is 12.1 Å². The molecular formula is C21H20F2N2O3. The van der Waals surface area contributed by atoms with E-state index in [1.54, 1.807) is 6.08 Å². The summed E-state index contributed by atoms with van der Waals surface area (Å²) in [6, 6.07) is 10.8. The predicted octanol–water partition coefficient (Wildman–Crippen LogP) is 3.12. The molecule has 3 rings (SSSR count). The summed E-state index contributed by atoms with van der Waals surface area (Å²) in [4.78, 5) is 25.1. The molecule has 2 atom stereocenters. The number of benzene rings is 2. The monoisotopic (exact) mass is 386 g/mol. The SMILES string of the molecule is N[C@@H](CCC(=O)O)C(=O)N1CC(c2cc(F)ccc2F)=CC1c1ccccc1. The molecule has 0 aliphatic carbocycles. The second kappa shape index (κ2) is 8.31. The Kier molecular flexibility index (Phi) is 5.84. The molecule has 7 heteroatoms. The van der Waals surface area contributed by atoms with E-state index in [1.165, 1.54) is 4.90 Å². The normalized spacial score (nSPS) is 17.3. The van der Waals surface area contributed by atoms with Crippen LogP contribution in [0.5, 0.6) is 0 Å². The molecule has 3 N–H and O–H groups in total. The zero-order valence-corrected chi connectivity index (χ0v) is 15.0. The highest BCUT2D eigenvalue weighted by molar-refractivity contribution is 5.87. The first kappa shape index (κ1) is 19.7. The Morgan fingerprint density at radius 1 is 1.18 bits per heavy atom. The maximum Gasteiger partial charge on any atom is 0.303 e. The van der Waals surface area contributed by atoms with Gasteiger partial charge in [0.1, 0.15) is 11.6 Å². The third-order valence-corrected chi connectivity index (χ3v) is 4.72. The number of carboxylic acid groups (broad SMARTS) is 1. The molecule has 0 saturated heterocycles. The average Bonchev–Trinajstić information content (AvgIpc) is 3.13. The maximum absolute atomic E-state index is 14.2. The predicted molar refractivity (Wildman–Crippen MR) is 100 cm³/mol. The van der Waals surface area contributed by atoms with Gasteiger partial charge in [0.25, 0.3) is 0 Å². The number of carbonyl (C=O) groups excluding carboxylic acids is 1. The zero-order valence-electron chi connectivity index (χ0n) is 15.0. The van der Waals surface area contributed by atoms with Gasteiger partial charge in [-0.05, 0) is 35.8 Å². The van der Waals surface area contributed by atoms with Crippen molar-refractivity contribution in [1.82, 2.24) is 4.90 Å². The van der Waals surface area contributed by atoms with Crippen LogP contribution in [-0.4, -0.2) is 34.5 Å². The lowest BCUT2D eigenvalue weighted by Gasteiger charge is -2.28. The Bertz CT molecular complexity index is 915. The van der Waals surface area contributed by atoms with Crippen molar-refractivity contribution in [2.24, 2.45) is 5.73 Å². The van der Waals surface area contributed by atoms with Crippen LogP contribution < -0.4 is 5.73 Å². The molecule has 1 heterocycles. The molecule has 2 aromatic rings. The fourth-order valence-corrected chi connectivity index (χ4v) is 3.29. The van der Waals surface area contributed by atoms with E-state index in [-0.39, 0.29) is 24.9 Å². The van der Waals surface area contributed by atoms with Crippen LogP contribution in [0.15, 0.2) is 54.6 Å². The number of rotatable bonds is 6. The summed E-state index contributed by atoms with van der Waals surface area (Å²) in [5, 5.41) is 8.82. The lowest BCUT2D eigenvalue weighted by Crippen LogP contribution is -2.44. The van der Waals surface area contributed by atoms with Gasteiger partial charge in [-0.2, -0.15) is 0 Å². The number of hydrogen-bond acceptors (Lipinski definition) is 3. The van der Waals surface area contributed by atoms with E-state index in [0.717, 1.165) is 23.8 Å². The Morgan fingerprint density at radius 3 is 2.57 bits per heavy atom. The smallest absolute Gasteiger partial charge is 0.303 e. The van der Waals surface area contributed by atoms with Crippen molar-refractivity contribution in [2.45, 2.75) is 24.9 Å². The minimum atomic E-state index is -1.04. The molecule has 0 spiro atoms. The summed E-state index contributed by atoms with van der Waals surface area (Å²) in [5.74, 6) is -2.62. The van der Waals surface area contributed by atoms with Gasteiger partial charge in [0.2, 0.25) is 5.91 Å². The van der Waals surface area contributed by atoms with E-state index >= 15 is 0 Å². The summed E-state index contributed by atoms with van der Waals surface area (Å²) < 4.78 is 27.9. The van der Waals surface area contributed by atoms with Crippen molar-refractivity contribution in [2.75, 3.05) is 6.54 Å². The second-order valence-electron chi connectivity index (χ2n) is 6.68. The van der Waals surface area contributed by atoms with Crippen LogP contribution in [0.4, 0.5) is 8.78 Å². The van der Waals surface area contributed by atoms with Gasteiger partial charge in [-0.25, -0.2) is 8.78 Å². The molecular weight excluding hydrogens is 366 g/mol. The van der Waals surface area contributed by atoms with Crippen molar-refractivity contribution in [1.29, 1.82) is 0 Å². The fraction of sp³-hybridized carbons (Fsp3) is 0.238. The summed E-state index contributed by atoms with van der Waals surface area (Å²) in [6.45, 7) is 0.0551. The number of amides is 1. The number of halogens is 2. The summed E-state index contributed by atoms with van der Waals surface area (Å²) >= 11 is 0. The van der Waals surface area contributed by atoms with Crippen LogP contribution in [0.25, 0.3) is 5.57 Å². The molecule has 0 bridgehead atoms. The molecule has 0 aromatic heterocycles. The second-order valence-corrected chi connectivity index (χ2v) is 6.68. The first-order valence-electron chi connectivity index (χ1n) is 8.85. The molecule has 5 nitrogen and oxygen atoms in total. The van der Waals surface area contributed by atoms with Gasteiger partial charge in [-0.3, -0.25) is 9.59 Å². The molecule has 1 unspecified atom stereocenters. The lowest BCUT2D eigenvalue weighted by molar-refractivity contribution is -0.137. The Morgan fingerprint density at radius 2 is 1.89 bits per heavy atom. The number of carbonyl (C=O) groups is 2. The van der Waals surface area contributed by atoms with E-state index in [0.29, 0.717) is 5.57 Å². The summed E-state index contributed by atoms with van der Waals surface area (Å²) in [6.07, 6.45) is 1.49. The molecule has 1 aliphatic heterocycles. The van der Waals surface area contributed by atoms with Gasteiger partial charge in [-0.15, -0.1) is 0 Å². The highest BCUT2D eigenvalue weighted by Crippen LogP contribution is 2.36. The summed E-state index contributed by atoms with van der Waals surface area (Å²) in [5.41, 5.74) is 7.28. The molecule has 28 heavy (non-hydrogen) atoms. The van der Waals surface area contributed by atoms with Crippen LogP contribution in [0.2, 0.25) is 0 Å². The van der Waals surface area contributed by atoms with E-state index in [1.807, 2.05) is 30.3 Å². The molecule has 1 amide bonds. The van der Waals surface area contributed by atoms with Gasteiger partial charge in [0, 0.05) is 18.5 Å². The largest absolute Gasteiger partial charge is 0.481 e. The van der Waals surface area contributed by atoms with Crippen LogP contribution in [0.1, 0.15) is 30.0 Å². The molecule has 1 aliphatic rings. The van der Waals surface area contributed by atoms with Crippen LogP contribution in [-0.2, 0) is 9.59 Å². The van der Waals surface area contributed by atoms with Crippen molar-refractivity contribution < 1.29 is 23.5 Å². The highest BCUT2D eigenvalue weighted by Gasteiger charge is 2.34. The summed E-state index contributed by atoms with van der Waals surface area (Å²) in [7, 11) is 0. The first-order valence-corrected chi connectivity index (χ1v) is 8.85. The van der Waals surface area contributed by atoms with E-state index in [9.17, 15) is 18.4 Å². The fourth-order valence-electron chi connectivity index (χ4n) is 3.29. The minimum absolute atomic E-state index is 0.00413. The number of aliphatic carboxylic acids is 1. The molecule has 146 valence electrons. The van der Waals surface area contributed by atoms with Gasteiger partial charge >= 0.3 is 5.97 Å². The van der Waals surface area contributed by atoms with E-state index < -0.39 is 35.6 Å². The number of nitrogens with zero attached hydrogens (tertiary/aromatic N) is 1. The van der Waals surface area contributed by atoms with Gasteiger partial charge < -0.3 is 15.7 Å². The van der Waals surface area contributed by atoms with E-state index in [2.05, 4.69) is 0 Å². The highest BCUT2D eigenvalue weighted by atomic mass is 19.1. The standard InChI is InChI=1S/C21H20F2N2O3/c22-15-6-7-17(23)16(11-15)14-10-19(13-4-2-1-3-5-13)25(12-14)21(28)18(24)8-9-20(26)27/h1-7,10-11,18-19H,8-9,12,24H2,(H,26,27)/t18-,19?/m0/s1. The van der Waals surface area contributed by atoms with Gasteiger partial charge in [0.15, 0.2) is 0 Å². The third-order valence-electron chi connectivity index (χ3n) is 4.72. The molecule has 0 radical (unpaired) electrons. The van der Waals surface area contributed by atoms with Crippen LogP contribution >= 0.6 is 0 Å². The Labute approximate surface area is 161 Å². The first-order chi connectivity index (χ1) is 13.4. The van der Waals surface area contributed by atoms with E-state index in [4.69, 9.17) is 10.8 Å². The quantitative estimate of drug-likeness (QED) is 0.799. The number of carboxylic acids is 1. The average molecular weight is 386 g/mol. The topological polar surface area (TPSA) is 83.6 Å². The number of hydrogen-bond donors (Lipinski definition) is 2. The molecule has 2 aromatic carbocycles. The van der Waals surface area contributed by atoms with Crippen molar-refractivity contribution in [3.63, 3.8) is 0 Å². The minimum Gasteiger partial charge on any atom is -0.481 e. The number of nitrogens with two attached hydrogens (primary N) is 1. The Balaban J connectivity index is 1.92. The van der Waals surface area contributed by atoms with Crippen molar-refractivity contribution in [3.8, 4) is 0 Å². The molecule has 0 fully saturated rings. The van der Waals surface area contributed by atoms with Crippen molar-refractivity contribution >= 4 is 17.4 Å². The Hall–Kier alpha value is -3.06. The van der Waals surface area contributed by atoms with Crippen molar-refractivity contribution in [3.05, 3.63) is 77.4 Å². The van der Waals surface area contributed by atoms with Crippen LogP contribution in [0, 0.1) is 11.6 Å². The molecule has 0 saturated carbocycles. The maximum atomic E-state index is 14.2. The zero-order chi connectivity index (χ0) is 20.3.